The first kappa shape index (κ1) is 14.2. The van der Waals surface area contributed by atoms with Crippen LogP contribution in [0.15, 0.2) is 24.4 Å². The van der Waals surface area contributed by atoms with Crippen LogP contribution in [0.4, 0.5) is 5.95 Å². The Morgan fingerprint density at radius 1 is 1.18 bits per heavy atom. The second-order valence-electron chi connectivity index (χ2n) is 4.56. The minimum Gasteiger partial charge on any atom is -0.467 e. The molecular weight excluding hydrogens is 284 g/mol. The molecule has 2 aromatic heterocycles. The van der Waals surface area contributed by atoms with Crippen molar-refractivity contribution in [3.63, 3.8) is 0 Å². The molecule has 0 aliphatic carbocycles. The zero-order chi connectivity index (χ0) is 15.4. The molecule has 1 aromatic carbocycles. The number of aromatic nitrogens is 5. The highest BCUT2D eigenvalue weighted by atomic mass is 16.5. The third kappa shape index (κ3) is 2.96. The molecule has 2 heterocycles. The van der Waals surface area contributed by atoms with Gasteiger partial charge in [-0.2, -0.15) is 20.1 Å². The van der Waals surface area contributed by atoms with Gasteiger partial charge in [0.15, 0.2) is 5.82 Å². The standard InChI is InChI=1S/C14H16N6O2/c1-21-6-5-15-13-17-12(18-14(19-13)22-2)9-3-4-11-10(7-9)8-16-20-11/h3-4,7-8H,5-6H2,1-2H3,(H,16,20)(H,15,17,18,19). The maximum atomic E-state index is 5.14. The van der Waals surface area contributed by atoms with Crippen LogP contribution in [0.2, 0.25) is 0 Å². The van der Waals surface area contributed by atoms with Crippen LogP contribution in [0.3, 0.4) is 0 Å². The Labute approximate surface area is 126 Å². The Bertz CT molecular complexity index is 773. The van der Waals surface area contributed by atoms with Crippen LogP contribution in [0.5, 0.6) is 6.01 Å². The summed E-state index contributed by atoms with van der Waals surface area (Å²) in [5.74, 6) is 0.987. The molecule has 0 saturated heterocycles. The van der Waals surface area contributed by atoms with Gasteiger partial charge >= 0.3 is 6.01 Å². The zero-order valence-electron chi connectivity index (χ0n) is 12.3. The summed E-state index contributed by atoms with van der Waals surface area (Å²) < 4.78 is 10.1. The molecule has 0 bridgehead atoms. The molecule has 0 spiro atoms. The van der Waals surface area contributed by atoms with Crippen LogP contribution in [-0.4, -0.2) is 52.5 Å². The van der Waals surface area contributed by atoms with Gasteiger partial charge in [0.05, 0.1) is 25.4 Å². The van der Waals surface area contributed by atoms with Gasteiger partial charge < -0.3 is 14.8 Å². The molecule has 0 atom stereocenters. The molecule has 0 saturated carbocycles. The molecule has 0 aliphatic heterocycles. The van der Waals surface area contributed by atoms with E-state index < -0.39 is 0 Å². The summed E-state index contributed by atoms with van der Waals surface area (Å²) in [5, 5.41) is 11.0. The molecule has 0 aliphatic rings. The average molecular weight is 300 g/mol. The van der Waals surface area contributed by atoms with Crippen molar-refractivity contribution in [1.82, 2.24) is 25.1 Å². The van der Waals surface area contributed by atoms with Crippen LogP contribution in [0.25, 0.3) is 22.3 Å². The molecule has 0 unspecified atom stereocenters. The second-order valence-corrected chi connectivity index (χ2v) is 4.56. The number of H-pyrrole nitrogens is 1. The maximum Gasteiger partial charge on any atom is 0.321 e. The van der Waals surface area contributed by atoms with Gasteiger partial charge in [0.25, 0.3) is 0 Å². The average Bonchev–Trinajstić information content (AvgIpc) is 3.02. The van der Waals surface area contributed by atoms with Crippen molar-refractivity contribution in [2.24, 2.45) is 0 Å². The zero-order valence-corrected chi connectivity index (χ0v) is 12.3. The molecule has 8 nitrogen and oxygen atoms in total. The number of aromatic amines is 1. The Balaban J connectivity index is 1.95. The topological polar surface area (TPSA) is 97.8 Å². The van der Waals surface area contributed by atoms with Gasteiger partial charge in [0.2, 0.25) is 5.95 Å². The lowest BCUT2D eigenvalue weighted by atomic mass is 10.1. The van der Waals surface area contributed by atoms with Gasteiger partial charge in [-0.1, -0.05) is 0 Å². The van der Waals surface area contributed by atoms with Crippen LogP contribution in [-0.2, 0) is 4.74 Å². The Morgan fingerprint density at radius 3 is 2.91 bits per heavy atom. The molecule has 3 aromatic rings. The monoisotopic (exact) mass is 300 g/mol. The molecule has 0 fully saturated rings. The number of ether oxygens (including phenoxy) is 2. The van der Waals surface area contributed by atoms with Gasteiger partial charge in [-0.05, 0) is 18.2 Å². The van der Waals surface area contributed by atoms with Gasteiger partial charge in [0, 0.05) is 24.6 Å². The third-order valence-electron chi connectivity index (χ3n) is 3.09. The van der Waals surface area contributed by atoms with E-state index in [1.807, 2.05) is 18.2 Å². The van der Waals surface area contributed by atoms with Crippen molar-refractivity contribution in [1.29, 1.82) is 0 Å². The van der Waals surface area contributed by atoms with Crippen molar-refractivity contribution in [2.75, 3.05) is 32.7 Å². The number of rotatable bonds is 6. The predicted molar refractivity (Wildman–Crippen MR) is 81.8 cm³/mol. The summed E-state index contributed by atoms with van der Waals surface area (Å²) in [4.78, 5) is 12.9. The third-order valence-corrected chi connectivity index (χ3v) is 3.09. The fourth-order valence-electron chi connectivity index (χ4n) is 2.00. The summed E-state index contributed by atoms with van der Waals surface area (Å²) in [6, 6.07) is 6.09. The first-order chi connectivity index (χ1) is 10.8. The minimum atomic E-state index is 0.261. The highest BCUT2D eigenvalue weighted by Crippen LogP contribution is 2.22. The summed E-state index contributed by atoms with van der Waals surface area (Å²) in [6.07, 6.45) is 1.76. The molecule has 8 heteroatoms. The van der Waals surface area contributed by atoms with E-state index in [1.165, 1.54) is 7.11 Å². The van der Waals surface area contributed by atoms with Crippen molar-refractivity contribution in [2.45, 2.75) is 0 Å². The summed E-state index contributed by atoms with van der Waals surface area (Å²) in [6.45, 7) is 1.16. The molecular formula is C14H16N6O2. The quantitative estimate of drug-likeness (QED) is 0.665. The van der Waals surface area contributed by atoms with Crippen LogP contribution >= 0.6 is 0 Å². The number of benzene rings is 1. The lowest BCUT2D eigenvalue weighted by Crippen LogP contribution is -2.11. The number of nitrogens with zero attached hydrogens (tertiary/aromatic N) is 4. The van der Waals surface area contributed by atoms with E-state index >= 15 is 0 Å². The molecule has 3 rings (SSSR count). The number of hydrogen-bond donors (Lipinski definition) is 2. The lowest BCUT2D eigenvalue weighted by Gasteiger charge is -2.08. The molecule has 2 N–H and O–H groups in total. The molecule has 22 heavy (non-hydrogen) atoms. The van der Waals surface area contributed by atoms with Crippen LogP contribution in [0, 0.1) is 0 Å². The van der Waals surface area contributed by atoms with Gasteiger partial charge in [-0.3, -0.25) is 5.10 Å². The Morgan fingerprint density at radius 2 is 2.09 bits per heavy atom. The van der Waals surface area contributed by atoms with Gasteiger partial charge in [0.1, 0.15) is 0 Å². The fourth-order valence-corrected chi connectivity index (χ4v) is 2.00. The second kappa shape index (κ2) is 6.35. The first-order valence-electron chi connectivity index (χ1n) is 6.76. The van der Waals surface area contributed by atoms with E-state index in [1.54, 1.807) is 13.3 Å². The Kier molecular flexibility index (Phi) is 4.10. The number of anilines is 1. The predicted octanol–water partition coefficient (Wildman–Crippen LogP) is 1.48. The van der Waals surface area contributed by atoms with Crippen LogP contribution < -0.4 is 10.1 Å². The number of hydrogen-bond acceptors (Lipinski definition) is 7. The van der Waals surface area contributed by atoms with E-state index in [0.29, 0.717) is 24.9 Å². The first-order valence-corrected chi connectivity index (χ1v) is 6.76. The summed E-state index contributed by atoms with van der Waals surface area (Å²) in [7, 11) is 3.17. The van der Waals surface area contributed by atoms with E-state index in [9.17, 15) is 0 Å². The van der Waals surface area contributed by atoms with Crippen molar-refractivity contribution >= 4 is 16.9 Å². The largest absolute Gasteiger partial charge is 0.467 e. The van der Waals surface area contributed by atoms with Crippen molar-refractivity contribution < 1.29 is 9.47 Å². The smallest absolute Gasteiger partial charge is 0.321 e. The molecule has 0 radical (unpaired) electrons. The Hall–Kier alpha value is -2.74. The van der Waals surface area contributed by atoms with E-state index in [0.717, 1.165) is 16.5 Å². The van der Waals surface area contributed by atoms with Gasteiger partial charge in [-0.25, -0.2) is 0 Å². The fraction of sp³-hybridized carbons (Fsp3) is 0.286. The van der Waals surface area contributed by atoms with Gasteiger partial charge in [-0.15, -0.1) is 0 Å². The van der Waals surface area contributed by atoms with Crippen LogP contribution in [0.1, 0.15) is 0 Å². The maximum absolute atomic E-state index is 5.14. The number of nitrogens with one attached hydrogen (secondary N) is 2. The van der Waals surface area contributed by atoms with E-state index in [-0.39, 0.29) is 6.01 Å². The van der Waals surface area contributed by atoms with Crippen molar-refractivity contribution in [3.8, 4) is 17.4 Å². The molecule has 114 valence electrons. The highest BCUT2D eigenvalue weighted by Gasteiger charge is 2.10. The van der Waals surface area contributed by atoms with E-state index in [2.05, 4.69) is 30.5 Å². The number of fused-ring (bicyclic) bond motifs is 1. The van der Waals surface area contributed by atoms with Crippen molar-refractivity contribution in [3.05, 3.63) is 24.4 Å². The highest BCUT2D eigenvalue weighted by molar-refractivity contribution is 5.82. The summed E-state index contributed by atoms with van der Waals surface area (Å²) >= 11 is 0. The summed E-state index contributed by atoms with van der Waals surface area (Å²) in [5.41, 5.74) is 1.83. The normalized spacial score (nSPS) is 10.8. The molecule has 0 amide bonds. The SMILES string of the molecule is COCCNc1nc(OC)nc(-c2ccc3[nH]ncc3c2)n1. The van der Waals surface area contributed by atoms with E-state index in [4.69, 9.17) is 9.47 Å². The minimum absolute atomic E-state index is 0.261. The number of methoxy groups -OCH3 is 2. The lowest BCUT2D eigenvalue weighted by molar-refractivity contribution is 0.210.